The number of nitrogens with one attached hydrogen (secondary N) is 4. The van der Waals surface area contributed by atoms with Gasteiger partial charge in [-0.1, -0.05) is 0 Å². The minimum Gasteiger partial charge on any atom is -0.480 e. The molecule has 1 aromatic heterocycles. The number of nitrogens with zero attached hydrogens (tertiary/aromatic N) is 1. The van der Waals surface area contributed by atoms with Crippen molar-refractivity contribution < 1.29 is 34.2 Å². The number of carbonyl (C=O) groups is 5. The first-order valence-electron chi connectivity index (χ1n) is 9.31. The Bertz CT molecular complexity index is 784. The van der Waals surface area contributed by atoms with Gasteiger partial charge >= 0.3 is 5.97 Å². The van der Waals surface area contributed by atoms with Crippen molar-refractivity contribution in [1.82, 2.24) is 25.9 Å². The molecule has 0 saturated heterocycles. The van der Waals surface area contributed by atoms with E-state index in [1.807, 2.05) is 0 Å². The Kier molecular flexibility index (Phi) is 10.1. The number of carboxylic acids is 1. The molecule has 0 saturated carbocycles. The Morgan fingerprint density at radius 2 is 1.74 bits per heavy atom. The number of aromatic amines is 1. The summed E-state index contributed by atoms with van der Waals surface area (Å²) in [7, 11) is 0. The number of rotatable bonds is 13. The summed E-state index contributed by atoms with van der Waals surface area (Å²) in [4.78, 5) is 65.2. The summed E-state index contributed by atoms with van der Waals surface area (Å²) in [5.41, 5.74) is 11.1. The van der Waals surface area contributed by atoms with Gasteiger partial charge in [-0.15, -0.1) is 0 Å². The second-order valence-corrected chi connectivity index (χ2v) is 6.77. The first kappa shape index (κ1) is 25.5. The highest BCUT2D eigenvalue weighted by molar-refractivity contribution is 5.94. The molecule has 1 rings (SSSR count). The number of hydrogen-bond donors (Lipinski definition) is 8. The zero-order valence-corrected chi connectivity index (χ0v) is 16.8. The lowest BCUT2D eigenvalue weighted by atomic mass is 10.1. The summed E-state index contributed by atoms with van der Waals surface area (Å²) >= 11 is 0. The molecule has 0 aromatic carbocycles. The molecule has 1 heterocycles. The van der Waals surface area contributed by atoms with Gasteiger partial charge < -0.3 is 42.6 Å². The predicted molar refractivity (Wildman–Crippen MR) is 105 cm³/mol. The molecule has 10 N–H and O–H groups in total. The molecule has 0 aliphatic heterocycles. The topological polar surface area (TPSA) is 243 Å². The highest BCUT2D eigenvalue weighted by atomic mass is 16.4. The van der Waals surface area contributed by atoms with E-state index < -0.39 is 60.4 Å². The number of aliphatic hydroxyl groups excluding tert-OH is 1. The van der Waals surface area contributed by atoms with E-state index in [0.29, 0.717) is 5.69 Å². The van der Waals surface area contributed by atoms with E-state index >= 15 is 0 Å². The van der Waals surface area contributed by atoms with E-state index in [4.69, 9.17) is 11.5 Å². The number of carbonyl (C=O) groups excluding carboxylic acids is 4. The molecule has 4 unspecified atom stereocenters. The van der Waals surface area contributed by atoms with Crippen molar-refractivity contribution in [2.45, 2.75) is 50.4 Å². The number of imidazole rings is 1. The minimum atomic E-state index is -1.41. The molecular weight excluding hydrogens is 414 g/mol. The molecule has 0 aliphatic rings. The maximum absolute atomic E-state index is 12.3. The van der Waals surface area contributed by atoms with Crippen LogP contribution in [0.15, 0.2) is 12.5 Å². The van der Waals surface area contributed by atoms with Crippen LogP contribution in [0, 0.1) is 0 Å². The zero-order valence-electron chi connectivity index (χ0n) is 16.8. The largest absolute Gasteiger partial charge is 0.480 e. The lowest BCUT2D eigenvalue weighted by molar-refractivity contribution is -0.142. The molecule has 31 heavy (non-hydrogen) atoms. The average molecular weight is 441 g/mol. The summed E-state index contributed by atoms with van der Waals surface area (Å²) < 4.78 is 0. The molecule has 14 heteroatoms. The van der Waals surface area contributed by atoms with Crippen LogP contribution in [0.25, 0.3) is 0 Å². The van der Waals surface area contributed by atoms with Gasteiger partial charge in [0.15, 0.2) is 0 Å². The summed E-state index contributed by atoms with van der Waals surface area (Å²) in [6.45, 7) is 0.517. The molecule has 4 atom stereocenters. The van der Waals surface area contributed by atoms with Crippen LogP contribution in [0.2, 0.25) is 0 Å². The molecule has 0 spiro atoms. The third kappa shape index (κ3) is 8.79. The van der Waals surface area contributed by atoms with Gasteiger partial charge in [0.05, 0.1) is 19.0 Å². The molecule has 172 valence electrons. The summed E-state index contributed by atoms with van der Waals surface area (Å²) in [6, 6.07) is -4.99. The Balaban J connectivity index is 2.62. The van der Waals surface area contributed by atoms with Gasteiger partial charge in [0.25, 0.3) is 0 Å². The van der Waals surface area contributed by atoms with Crippen molar-refractivity contribution in [2.24, 2.45) is 11.5 Å². The molecule has 0 bridgehead atoms. The average Bonchev–Trinajstić information content (AvgIpc) is 3.22. The fourth-order valence-electron chi connectivity index (χ4n) is 2.39. The maximum Gasteiger partial charge on any atom is 0.326 e. The normalized spacial score (nSPS) is 14.5. The van der Waals surface area contributed by atoms with E-state index in [2.05, 4.69) is 25.9 Å². The first-order chi connectivity index (χ1) is 14.5. The van der Waals surface area contributed by atoms with E-state index in [1.165, 1.54) is 19.4 Å². The summed E-state index contributed by atoms with van der Waals surface area (Å²) in [5.74, 6) is -4.40. The maximum atomic E-state index is 12.3. The van der Waals surface area contributed by atoms with Crippen molar-refractivity contribution in [3.05, 3.63) is 18.2 Å². The van der Waals surface area contributed by atoms with Gasteiger partial charge in [-0.25, -0.2) is 9.78 Å². The van der Waals surface area contributed by atoms with Crippen LogP contribution in [0.1, 0.15) is 25.5 Å². The molecule has 4 amide bonds. The smallest absolute Gasteiger partial charge is 0.326 e. The Morgan fingerprint density at radius 3 is 2.26 bits per heavy atom. The number of carboxylic acid groups (broad SMARTS) is 1. The van der Waals surface area contributed by atoms with Gasteiger partial charge in [-0.2, -0.15) is 0 Å². The number of aliphatic carboxylic acids is 1. The highest BCUT2D eigenvalue weighted by Crippen LogP contribution is 2.00. The van der Waals surface area contributed by atoms with Crippen LogP contribution in [0.4, 0.5) is 0 Å². The van der Waals surface area contributed by atoms with Crippen LogP contribution in [0.3, 0.4) is 0 Å². The third-order valence-corrected chi connectivity index (χ3v) is 4.20. The monoisotopic (exact) mass is 441 g/mol. The summed E-state index contributed by atoms with van der Waals surface area (Å²) in [6.07, 6.45) is 2.54. The van der Waals surface area contributed by atoms with Crippen molar-refractivity contribution in [1.29, 1.82) is 0 Å². The second kappa shape index (κ2) is 12.2. The number of aliphatic hydroxyl groups is 1. The zero-order chi connectivity index (χ0) is 23.6. The number of nitrogens with two attached hydrogens (primary N) is 2. The second-order valence-electron chi connectivity index (χ2n) is 6.77. The van der Waals surface area contributed by atoms with Gasteiger partial charge in [-0.05, 0) is 13.3 Å². The van der Waals surface area contributed by atoms with Gasteiger partial charge in [0.1, 0.15) is 18.1 Å². The van der Waals surface area contributed by atoms with Crippen molar-refractivity contribution in [3.8, 4) is 0 Å². The van der Waals surface area contributed by atoms with Crippen LogP contribution in [0.5, 0.6) is 0 Å². The number of amides is 4. The van der Waals surface area contributed by atoms with Crippen LogP contribution >= 0.6 is 0 Å². The van der Waals surface area contributed by atoms with Crippen molar-refractivity contribution >= 4 is 29.6 Å². The number of aromatic nitrogens is 2. The first-order valence-corrected chi connectivity index (χ1v) is 9.31. The molecule has 1 aromatic rings. The number of primary amides is 1. The SMILES string of the molecule is CC(NC(=O)C(CO)NC(=O)C(N)CCC(N)=O)C(=O)NC(Cc1cnc[nH]1)C(=O)O. The van der Waals surface area contributed by atoms with E-state index in [0.717, 1.165) is 0 Å². The van der Waals surface area contributed by atoms with Crippen LogP contribution in [-0.2, 0) is 30.4 Å². The minimum absolute atomic E-state index is 0.0490. The molecule has 0 aliphatic carbocycles. The quantitative estimate of drug-likeness (QED) is 0.149. The fourth-order valence-corrected chi connectivity index (χ4v) is 2.39. The number of H-pyrrole nitrogens is 1. The van der Waals surface area contributed by atoms with E-state index in [-0.39, 0.29) is 19.3 Å². The lowest BCUT2D eigenvalue weighted by Crippen LogP contribution is -2.57. The third-order valence-electron chi connectivity index (χ3n) is 4.20. The summed E-state index contributed by atoms with van der Waals surface area (Å²) in [5, 5.41) is 25.4. The predicted octanol–water partition coefficient (Wildman–Crippen LogP) is -3.90. The van der Waals surface area contributed by atoms with Crippen molar-refractivity contribution in [2.75, 3.05) is 6.61 Å². The molecular formula is C17H27N7O7. The molecule has 0 fully saturated rings. The van der Waals surface area contributed by atoms with E-state index in [9.17, 15) is 34.2 Å². The molecule has 0 radical (unpaired) electrons. The Labute approximate surface area is 177 Å². The highest BCUT2D eigenvalue weighted by Gasteiger charge is 2.28. The van der Waals surface area contributed by atoms with Gasteiger partial charge in [0.2, 0.25) is 23.6 Å². The lowest BCUT2D eigenvalue weighted by Gasteiger charge is -2.22. The molecule has 14 nitrogen and oxygen atoms in total. The standard InChI is InChI=1S/C17H27N7O7/c1-8(14(27)23-11(17(30)31)4-9-5-20-7-21-9)22-16(29)12(6-25)24-15(28)10(18)2-3-13(19)26/h5,7-8,10-12,25H,2-4,6,18H2,1H3,(H2,19,26)(H,20,21)(H,22,29)(H,23,27)(H,24,28)(H,30,31). The van der Waals surface area contributed by atoms with Crippen LogP contribution in [-0.4, -0.2) is 80.6 Å². The van der Waals surface area contributed by atoms with Gasteiger partial charge in [-0.3, -0.25) is 19.2 Å². The van der Waals surface area contributed by atoms with E-state index in [1.54, 1.807) is 0 Å². The van der Waals surface area contributed by atoms with Crippen LogP contribution < -0.4 is 27.4 Å². The van der Waals surface area contributed by atoms with Gasteiger partial charge in [0, 0.05) is 24.7 Å². The number of hydrogen-bond acceptors (Lipinski definition) is 8. The Morgan fingerprint density at radius 1 is 1.10 bits per heavy atom. The fraction of sp³-hybridized carbons (Fsp3) is 0.529. The van der Waals surface area contributed by atoms with Crippen molar-refractivity contribution in [3.63, 3.8) is 0 Å². The Hall–Kier alpha value is -3.52.